The second-order valence-corrected chi connectivity index (χ2v) is 9.25. The summed E-state index contributed by atoms with van der Waals surface area (Å²) in [7, 11) is 0. The quantitative estimate of drug-likeness (QED) is 0.161. The van der Waals surface area contributed by atoms with Crippen LogP contribution in [-0.4, -0.2) is 56.4 Å². The highest BCUT2D eigenvalue weighted by Crippen LogP contribution is 2.34. The van der Waals surface area contributed by atoms with E-state index in [4.69, 9.17) is 25.8 Å². The number of hydrazone groups is 1. The number of ether oxygens (including phenoxy) is 3. The van der Waals surface area contributed by atoms with E-state index >= 15 is 0 Å². The van der Waals surface area contributed by atoms with Gasteiger partial charge in [0.15, 0.2) is 18.1 Å². The Morgan fingerprint density at radius 2 is 1.97 bits per heavy atom. The van der Waals surface area contributed by atoms with E-state index < -0.39 is 11.8 Å². The number of nitrogens with zero attached hydrogens (tertiary/aromatic N) is 1. The van der Waals surface area contributed by atoms with Gasteiger partial charge in [-0.2, -0.15) is 5.10 Å². The van der Waals surface area contributed by atoms with Crippen molar-refractivity contribution in [1.29, 1.82) is 0 Å². The minimum Gasteiger partial charge on any atom is -0.490 e. The first-order valence-electron chi connectivity index (χ1n) is 11.2. The van der Waals surface area contributed by atoms with Crippen LogP contribution in [-0.2, 0) is 19.1 Å². The number of halogens is 2. The van der Waals surface area contributed by atoms with E-state index in [1.165, 1.54) is 6.21 Å². The lowest BCUT2D eigenvalue weighted by atomic mass is 10.2. The van der Waals surface area contributed by atoms with Crippen molar-refractivity contribution in [2.75, 3.05) is 31.7 Å². The molecule has 0 unspecified atom stereocenters. The third-order valence-corrected chi connectivity index (χ3v) is 5.96. The summed E-state index contributed by atoms with van der Waals surface area (Å²) in [6.07, 6.45) is 3.12. The summed E-state index contributed by atoms with van der Waals surface area (Å²) in [4.78, 5) is 36.2. The van der Waals surface area contributed by atoms with Gasteiger partial charge in [0.2, 0.25) is 0 Å². The number of benzene rings is 2. The molecule has 12 heteroatoms. The standard InChI is InChI=1S/C24H26ClIN4O6/c1-2-34-20-11-15(12-28-30-24(33)23(32)27-13-18-4-3-9-35-18)10-19(26)22(20)36-14-21(31)29-17-7-5-16(25)6-8-17/h5-8,10-12,18H,2-4,9,13-14H2,1H3,(H,27,32)(H,29,31)(H,30,33)/b28-12-/t18-/m0/s1. The van der Waals surface area contributed by atoms with Gasteiger partial charge in [0.05, 0.1) is 22.5 Å². The predicted molar refractivity (Wildman–Crippen MR) is 144 cm³/mol. The fourth-order valence-corrected chi connectivity index (χ4v) is 4.15. The van der Waals surface area contributed by atoms with E-state index in [-0.39, 0.29) is 25.2 Å². The SMILES string of the molecule is CCOc1cc(/C=N\NC(=O)C(=O)NC[C@@H]2CCCO2)cc(I)c1OCC(=O)Nc1ccc(Cl)cc1. The Hall–Kier alpha value is -2.90. The van der Waals surface area contributed by atoms with Crippen molar-refractivity contribution < 1.29 is 28.6 Å². The highest BCUT2D eigenvalue weighted by atomic mass is 127. The zero-order chi connectivity index (χ0) is 25.9. The largest absolute Gasteiger partial charge is 0.490 e. The van der Waals surface area contributed by atoms with E-state index in [0.717, 1.165) is 12.8 Å². The molecule has 2 aromatic rings. The Morgan fingerprint density at radius 1 is 1.19 bits per heavy atom. The molecule has 36 heavy (non-hydrogen) atoms. The molecule has 0 radical (unpaired) electrons. The van der Waals surface area contributed by atoms with Crippen molar-refractivity contribution in [2.24, 2.45) is 5.10 Å². The van der Waals surface area contributed by atoms with Crippen LogP contribution in [0.5, 0.6) is 11.5 Å². The molecule has 10 nitrogen and oxygen atoms in total. The van der Waals surface area contributed by atoms with Crippen LogP contribution in [0.4, 0.5) is 5.69 Å². The third-order valence-electron chi connectivity index (χ3n) is 4.91. The molecular weight excluding hydrogens is 603 g/mol. The van der Waals surface area contributed by atoms with Crippen molar-refractivity contribution >= 4 is 63.8 Å². The Bertz CT molecular complexity index is 1110. The number of carbonyl (C=O) groups is 3. The summed E-state index contributed by atoms with van der Waals surface area (Å²) < 4.78 is 17.5. The topological polar surface area (TPSA) is 127 Å². The molecule has 1 aliphatic heterocycles. The minimum atomic E-state index is -0.879. The average molecular weight is 629 g/mol. The van der Waals surface area contributed by atoms with Gasteiger partial charge in [0.25, 0.3) is 5.91 Å². The van der Waals surface area contributed by atoms with Gasteiger partial charge in [-0.1, -0.05) is 11.6 Å². The molecule has 3 N–H and O–H groups in total. The lowest BCUT2D eigenvalue weighted by molar-refractivity contribution is -0.139. The maximum absolute atomic E-state index is 12.3. The molecule has 1 aliphatic rings. The van der Waals surface area contributed by atoms with Crippen molar-refractivity contribution in [3.8, 4) is 11.5 Å². The fourth-order valence-electron chi connectivity index (χ4n) is 3.24. The summed E-state index contributed by atoms with van der Waals surface area (Å²) >= 11 is 7.91. The van der Waals surface area contributed by atoms with Gasteiger partial charge in [0.1, 0.15) is 0 Å². The van der Waals surface area contributed by atoms with Crippen LogP contribution in [0.15, 0.2) is 41.5 Å². The molecule has 0 spiro atoms. The second-order valence-electron chi connectivity index (χ2n) is 7.65. The number of carbonyl (C=O) groups excluding carboxylic acids is 3. The smallest absolute Gasteiger partial charge is 0.329 e. The van der Waals surface area contributed by atoms with Crippen molar-refractivity contribution in [3.63, 3.8) is 0 Å². The summed E-state index contributed by atoms with van der Waals surface area (Å²) in [5.74, 6) is -1.20. The molecule has 0 saturated carbocycles. The number of amides is 3. The molecule has 1 fully saturated rings. The molecule has 0 aliphatic carbocycles. The first-order valence-corrected chi connectivity index (χ1v) is 12.7. The molecular formula is C24H26ClIN4O6. The molecule has 3 rings (SSSR count). The fraction of sp³-hybridized carbons (Fsp3) is 0.333. The number of hydrogen-bond acceptors (Lipinski definition) is 7. The highest BCUT2D eigenvalue weighted by Gasteiger charge is 2.19. The maximum atomic E-state index is 12.3. The zero-order valence-corrected chi connectivity index (χ0v) is 22.4. The monoisotopic (exact) mass is 628 g/mol. The first-order chi connectivity index (χ1) is 17.4. The Balaban J connectivity index is 1.55. The number of anilines is 1. The van der Waals surface area contributed by atoms with E-state index in [9.17, 15) is 14.4 Å². The third kappa shape index (κ3) is 8.64. The van der Waals surface area contributed by atoms with Crippen LogP contribution in [0.25, 0.3) is 0 Å². The van der Waals surface area contributed by atoms with Crippen LogP contribution in [0, 0.1) is 3.57 Å². The van der Waals surface area contributed by atoms with Crippen LogP contribution in [0.3, 0.4) is 0 Å². The molecule has 0 aromatic heterocycles. The summed E-state index contributed by atoms with van der Waals surface area (Å²) in [5, 5.41) is 9.68. The first kappa shape index (κ1) is 27.7. The van der Waals surface area contributed by atoms with Crippen LogP contribution in [0.2, 0.25) is 5.02 Å². The van der Waals surface area contributed by atoms with Crippen LogP contribution < -0.4 is 25.5 Å². The summed E-state index contributed by atoms with van der Waals surface area (Å²) in [6.45, 7) is 2.90. The number of hydrogen-bond donors (Lipinski definition) is 3. The van der Waals surface area contributed by atoms with E-state index in [2.05, 4.69) is 43.8 Å². The van der Waals surface area contributed by atoms with E-state index in [0.29, 0.717) is 44.6 Å². The lowest BCUT2D eigenvalue weighted by Crippen LogP contribution is -2.41. The lowest BCUT2D eigenvalue weighted by Gasteiger charge is -2.14. The Morgan fingerprint density at radius 3 is 2.67 bits per heavy atom. The van der Waals surface area contributed by atoms with Gasteiger partial charge in [0, 0.05) is 23.9 Å². The van der Waals surface area contributed by atoms with Gasteiger partial charge >= 0.3 is 11.8 Å². The number of nitrogens with one attached hydrogen (secondary N) is 3. The molecule has 192 valence electrons. The van der Waals surface area contributed by atoms with Gasteiger partial charge in [-0.15, -0.1) is 0 Å². The number of rotatable bonds is 10. The normalized spacial score (nSPS) is 14.9. The average Bonchev–Trinajstić information content (AvgIpc) is 3.37. The molecule has 2 aromatic carbocycles. The minimum absolute atomic E-state index is 0.0615. The van der Waals surface area contributed by atoms with Crippen molar-refractivity contribution in [1.82, 2.24) is 10.7 Å². The molecule has 1 heterocycles. The van der Waals surface area contributed by atoms with Crippen molar-refractivity contribution in [2.45, 2.75) is 25.9 Å². The second kappa shape index (κ2) is 14.0. The molecule has 3 amide bonds. The highest BCUT2D eigenvalue weighted by molar-refractivity contribution is 14.1. The van der Waals surface area contributed by atoms with Gasteiger partial charge in [-0.3, -0.25) is 14.4 Å². The zero-order valence-electron chi connectivity index (χ0n) is 19.5. The van der Waals surface area contributed by atoms with Crippen LogP contribution in [0.1, 0.15) is 25.3 Å². The maximum Gasteiger partial charge on any atom is 0.329 e. The van der Waals surface area contributed by atoms with Gasteiger partial charge in [-0.25, -0.2) is 5.43 Å². The molecule has 1 atom stereocenters. The van der Waals surface area contributed by atoms with Crippen molar-refractivity contribution in [3.05, 3.63) is 50.6 Å². The Kier molecular flexibility index (Phi) is 10.8. The predicted octanol–water partition coefficient (Wildman–Crippen LogP) is 3.11. The van der Waals surface area contributed by atoms with E-state index in [1.807, 2.05) is 6.92 Å². The Labute approximate surface area is 227 Å². The van der Waals surface area contributed by atoms with Gasteiger partial charge in [-0.05, 0) is 84.3 Å². The summed E-state index contributed by atoms with van der Waals surface area (Å²) in [5.41, 5.74) is 3.40. The molecule has 1 saturated heterocycles. The van der Waals surface area contributed by atoms with Crippen LogP contribution >= 0.6 is 34.2 Å². The molecule has 0 bridgehead atoms. The van der Waals surface area contributed by atoms with Gasteiger partial charge < -0.3 is 24.8 Å². The van der Waals surface area contributed by atoms with E-state index in [1.54, 1.807) is 36.4 Å². The summed E-state index contributed by atoms with van der Waals surface area (Å²) in [6, 6.07) is 10.1.